The molecule has 0 spiro atoms. The lowest BCUT2D eigenvalue weighted by atomic mass is 10.2. The standard InChI is InChI=1S/C14H20O3.C2H6/c1-3-16-14(15)6-4-5-11-17-13-9-7-12(2)8-10-13;1-2/h7-10H,3-6,11H2,1-2H3;1-2H3. The molecule has 3 heteroatoms. The van der Waals surface area contributed by atoms with Gasteiger partial charge < -0.3 is 9.47 Å². The minimum Gasteiger partial charge on any atom is -0.494 e. The number of benzene rings is 1. The van der Waals surface area contributed by atoms with Gasteiger partial charge in [-0.05, 0) is 38.8 Å². The van der Waals surface area contributed by atoms with Gasteiger partial charge in [0.15, 0.2) is 0 Å². The van der Waals surface area contributed by atoms with Crippen molar-refractivity contribution >= 4 is 5.97 Å². The Hall–Kier alpha value is -1.51. The molecule has 108 valence electrons. The zero-order valence-electron chi connectivity index (χ0n) is 12.6. The van der Waals surface area contributed by atoms with Gasteiger partial charge in [-0.3, -0.25) is 4.79 Å². The maximum Gasteiger partial charge on any atom is 0.305 e. The smallest absolute Gasteiger partial charge is 0.305 e. The Labute approximate surface area is 116 Å². The van der Waals surface area contributed by atoms with E-state index in [-0.39, 0.29) is 5.97 Å². The SMILES string of the molecule is CC.CCOC(=O)CCCCOc1ccc(C)cc1. The zero-order chi connectivity index (χ0) is 14.5. The Kier molecular flexibility index (Phi) is 10.7. The fourth-order valence-corrected chi connectivity index (χ4v) is 1.43. The average molecular weight is 266 g/mol. The lowest BCUT2D eigenvalue weighted by molar-refractivity contribution is -0.143. The summed E-state index contributed by atoms with van der Waals surface area (Å²) in [4.78, 5) is 11.1. The molecule has 0 saturated carbocycles. The first kappa shape index (κ1) is 17.5. The van der Waals surface area contributed by atoms with Gasteiger partial charge in [-0.1, -0.05) is 31.5 Å². The Bertz CT molecular complexity index is 330. The number of carbonyl (C=O) groups excluding carboxylic acids is 1. The second-order valence-corrected chi connectivity index (χ2v) is 3.92. The first-order valence-electron chi connectivity index (χ1n) is 7.07. The molecule has 0 atom stereocenters. The number of hydrogen-bond donors (Lipinski definition) is 0. The van der Waals surface area contributed by atoms with E-state index in [0.717, 1.165) is 18.6 Å². The molecule has 0 aliphatic rings. The summed E-state index contributed by atoms with van der Waals surface area (Å²) in [5.74, 6) is 0.759. The van der Waals surface area contributed by atoms with Crippen LogP contribution in [0.25, 0.3) is 0 Å². The molecule has 0 unspecified atom stereocenters. The molecule has 1 aromatic rings. The van der Waals surface area contributed by atoms with Crippen molar-refractivity contribution in [3.05, 3.63) is 29.8 Å². The van der Waals surface area contributed by atoms with Gasteiger partial charge in [0.2, 0.25) is 0 Å². The van der Waals surface area contributed by atoms with Crippen molar-refractivity contribution in [2.45, 2.75) is 47.0 Å². The first-order valence-corrected chi connectivity index (χ1v) is 7.07. The first-order chi connectivity index (χ1) is 9.22. The van der Waals surface area contributed by atoms with E-state index in [1.54, 1.807) is 0 Å². The Morgan fingerprint density at radius 2 is 1.74 bits per heavy atom. The van der Waals surface area contributed by atoms with Crippen molar-refractivity contribution in [2.75, 3.05) is 13.2 Å². The van der Waals surface area contributed by atoms with E-state index in [1.807, 2.05) is 52.0 Å². The Balaban J connectivity index is 0.00000154. The van der Waals surface area contributed by atoms with Crippen molar-refractivity contribution in [2.24, 2.45) is 0 Å². The fraction of sp³-hybridized carbons (Fsp3) is 0.562. The van der Waals surface area contributed by atoms with Crippen LogP contribution < -0.4 is 4.74 Å². The molecule has 0 N–H and O–H groups in total. The van der Waals surface area contributed by atoms with Crippen LogP contribution in [0.2, 0.25) is 0 Å². The third kappa shape index (κ3) is 9.11. The lowest BCUT2D eigenvalue weighted by Gasteiger charge is -2.06. The van der Waals surface area contributed by atoms with Crippen LogP contribution in [0.4, 0.5) is 0 Å². The van der Waals surface area contributed by atoms with Crippen molar-refractivity contribution < 1.29 is 14.3 Å². The van der Waals surface area contributed by atoms with Gasteiger partial charge in [0.1, 0.15) is 5.75 Å². The lowest BCUT2D eigenvalue weighted by Crippen LogP contribution is -2.05. The minimum absolute atomic E-state index is 0.122. The quantitative estimate of drug-likeness (QED) is 0.550. The van der Waals surface area contributed by atoms with E-state index in [4.69, 9.17) is 9.47 Å². The predicted molar refractivity (Wildman–Crippen MR) is 78.5 cm³/mol. The third-order valence-corrected chi connectivity index (χ3v) is 2.37. The van der Waals surface area contributed by atoms with Gasteiger partial charge >= 0.3 is 5.97 Å². The van der Waals surface area contributed by atoms with Crippen LogP contribution in [0.5, 0.6) is 5.75 Å². The van der Waals surface area contributed by atoms with Gasteiger partial charge in [0.25, 0.3) is 0 Å². The maximum absolute atomic E-state index is 11.1. The molecule has 0 aliphatic heterocycles. The fourth-order valence-electron chi connectivity index (χ4n) is 1.43. The summed E-state index contributed by atoms with van der Waals surface area (Å²) in [7, 11) is 0. The monoisotopic (exact) mass is 266 g/mol. The van der Waals surface area contributed by atoms with Crippen LogP contribution >= 0.6 is 0 Å². The van der Waals surface area contributed by atoms with Gasteiger partial charge in [-0.25, -0.2) is 0 Å². The second kappa shape index (κ2) is 11.6. The normalized spacial score (nSPS) is 9.26. The van der Waals surface area contributed by atoms with Gasteiger partial charge in [0.05, 0.1) is 13.2 Å². The van der Waals surface area contributed by atoms with Crippen LogP contribution in [0.1, 0.15) is 45.6 Å². The van der Waals surface area contributed by atoms with Crippen LogP contribution in [-0.4, -0.2) is 19.2 Å². The van der Waals surface area contributed by atoms with E-state index in [0.29, 0.717) is 19.6 Å². The highest BCUT2D eigenvalue weighted by Crippen LogP contribution is 2.12. The number of carbonyl (C=O) groups is 1. The summed E-state index contributed by atoms with van der Waals surface area (Å²) in [6.45, 7) is 8.96. The molecule has 1 rings (SSSR count). The summed E-state index contributed by atoms with van der Waals surface area (Å²) in [6, 6.07) is 7.96. The second-order valence-electron chi connectivity index (χ2n) is 3.92. The molecule has 0 fully saturated rings. The highest BCUT2D eigenvalue weighted by Gasteiger charge is 2.00. The van der Waals surface area contributed by atoms with Crippen LogP contribution in [0.3, 0.4) is 0 Å². The summed E-state index contributed by atoms with van der Waals surface area (Å²) >= 11 is 0. The molecule has 0 amide bonds. The topological polar surface area (TPSA) is 35.5 Å². The van der Waals surface area contributed by atoms with Crippen LogP contribution in [0.15, 0.2) is 24.3 Å². The molecule has 0 heterocycles. The molecular weight excluding hydrogens is 240 g/mol. The number of ether oxygens (including phenoxy) is 2. The van der Waals surface area contributed by atoms with Crippen molar-refractivity contribution in [1.82, 2.24) is 0 Å². The highest BCUT2D eigenvalue weighted by molar-refractivity contribution is 5.69. The van der Waals surface area contributed by atoms with Gasteiger partial charge in [-0.15, -0.1) is 0 Å². The Morgan fingerprint density at radius 1 is 1.11 bits per heavy atom. The molecule has 0 aliphatic carbocycles. The van der Waals surface area contributed by atoms with E-state index in [9.17, 15) is 4.79 Å². The highest BCUT2D eigenvalue weighted by atomic mass is 16.5. The third-order valence-electron chi connectivity index (χ3n) is 2.37. The molecule has 3 nitrogen and oxygen atoms in total. The number of aryl methyl sites for hydroxylation is 1. The number of esters is 1. The van der Waals surface area contributed by atoms with Crippen LogP contribution in [-0.2, 0) is 9.53 Å². The summed E-state index contributed by atoms with van der Waals surface area (Å²) in [5.41, 5.74) is 1.22. The van der Waals surface area contributed by atoms with Crippen LogP contribution in [0, 0.1) is 6.92 Å². The van der Waals surface area contributed by atoms with Gasteiger partial charge in [0, 0.05) is 6.42 Å². The number of hydrogen-bond acceptors (Lipinski definition) is 3. The molecule has 19 heavy (non-hydrogen) atoms. The van der Waals surface area contributed by atoms with E-state index in [1.165, 1.54) is 5.56 Å². The molecule has 0 saturated heterocycles. The van der Waals surface area contributed by atoms with Crippen molar-refractivity contribution in [3.63, 3.8) is 0 Å². The maximum atomic E-state index is 11.1. The number of rotatable bonds is 7. The number of unbranched alkanes of at least 4 members (excludes halogenated alkanes) is 1. The predicted octanol–water partition coefficient (Wildman–Crippen LogP) is 4.13. The molecular formula is C16H26O3. The average Bonchev–Trinajstić information content (AvgIpc) is 2.43. The molecule has 0 radical (unpaired) electrons. The van der Waals surface area contributed by atoms with Crippen molar-refractivity contribution in [3.8, 4) is 5.75 Å². The molecule has 0 aromatic heterocycles. The largest absolute Gasteiger partial charge is 0.494 e. The molecule has 1 aromatic carbocycles. The van der Waals surface area contributed by atoms with E-state index < -0.39 is 0 Å². The van der Waals surface area contributed by atoms with E-state index >= 15 is 0 Å². The minimum atomic E-state index is -0.122. The van der Waals surface area contributed by atoms with Gasteiger partial charge in [-0.2, -0.15) is 0 Å². The molecule has 0 bridgehead atoms. The van der Waals surface area contributed by atoms with Crippen molar-refractivity contribution in [1.29, 1.82) is 0 Å². The zero-order valence-corrected chi connectivity index (χ0v) is 12.6. The van der Waals surface area contributed by atoms with E-state index in [2.05, 4.69) is 0 Å². The Morgan fingerprint density at radius 3 is 2.32 bits per heavy atom. The summed E-state index contributed by atoms with van der Waals surface area (Å²) in [6.07, 6.45) is 2.16. The summed E-state index contributed by atoms with van der Waals surface area (Å²) < 4.78 is 10.4. The summed E-state index contributed by atoms with van der Waals surface area (Å²) in [5, 5.41) is 0.